The van der Waals surface area contributed by atoms with Crippen molar-refractivity contribution in [2.24, 2.45) is 10.9 Å². The van der Waals surface area contributed by atoms with E-state index in [4.69, 9.17) is 0 Å². The fourth-order valence-corrected chi connectivity index (χ4v) is 3.08. The van der Waals surface area contributed by atoms with Gasteiger partial charge in [-0.05, 0) is 43.9 Å². The number of amides is 1. The molecule has 1 aromatic rings. The van der Waals surface area contributed by atoms with Gasteiger partial charge in [0.1, 0.15) is 0 Å². The van der Waals surface area contributed by atoms with E-state index >= 15 is 0 Å². The number of hydrogen-bond acceptors (Lipinski definition) is 2. The number of anilines is 1. The van der Waals surface area contributed by atoms with Gasteiger partial charge in [-0.15, -0.1) is 24.0 Å². The Morgan fingerprint density at radius 2 is 1.96 bits per heavy atom. The first kappa shape index (κ1) is 22.7. The zero-order valence-electron chi connectivity index (χ0n) is 16.0. The Labute approximate surface area is 174 Å². The van der Waals surface area contributed by atoms with E-state index in [1.807, 2.05) is 24.3 Å². The molecule has 5 nitrogen and oxygen atoms in total. The zero-order chi connectivity index (χ0) is 17.9. The maximum atomic E-state index is 12.3. The van der Waals surface area contributed by atoms with Crippen LogP contribution in [-0.2, 0) is 11.3 Å². The van der Waals surface area contributed by atoms with Gasteiger partial charge in [0, 0.05) is 24.7 Å². The first-order valence-corrected chi connectivity index (χ1v) is 9.65. The van der Waals surface area contributed by atoms with Gasteiger partial charge in [0.2, 0.25) is 5.91 Å². The maximum absolute atomic E-state index is 12.3. The molecule has 0 bridgehead atoms. The van der Waals surface area contributed by atoms with Crippen LogP contribution in [0, 0.1) is 5.92 Å². The molecule has 1 aliphatic carbocycles. The molecule has 1 amide bonds. The van der Waals surface area contributed by atoms with Crippen molar-refractivity contribution in [2.45, 2.75) is 58.9 Å². The average Bonchev–Trinajstić information content (AvgIpc) is 3.15. The van der Waals surface area contributed by atoms with Crippen molar-refractivity contribution in [3.05, 3.63) is 29.8 Å². The number of guanidine groups is 1. The summed E-state index contributed by atoms with van der Waals surface area (Å²) >= 11 is 0. The van der Waals surface area contributed by atoms with Gasteiger partial charge in [0.05, 0.1) is 6.54 Å². The highest BCUT2D eigenvalue weighted by molar-refractivity contribution is 14.0. The minimum Gasteiger partial charge on any atom is -0.357 e. The summed E-state index contributed by atoms with van der Waals surface area (Å²) in [7, 11) is 0. The third kappa shape index (κ3) is 7.93. The minimum absolute atomic E-state index is 0. The van der Waals surface area contributed by atoms with Gasteiger partial charge in [-0.25, -0.2) is 4.99 Å². The SMILES string of the molecule is CCCCNC(=NCc1cccc(NC(=O)C2CCCC2)c1)NCC.I. The fourth-order valence-electron chi connectivity index (χ4n) is 3.08. The Morgan fingerprint density at radius 3 is 2.65 bits per heavy atom. The Hall–Kier alpha value is -1.31. The number of carbonyl (C=O) groups excluding carboxylic acids is 1. The Bertz CT molecular complexity index is 571. The molecule has 146 valence electrons. The topological polar surface area (TPSA) is 65.5 Å². The van der Waals surface area contributed by atoms with E-state index in [2.05, 4.69) is 34.8 Å². The summed E-state index contributed by atoms with van der Waals surface area (Å²) in [6.07, 6.45) is 6.68. The molecule has 3 N–H and O–H groups in total. The molecular formula is C20H33IN4O. The van der Waals surface area contributed by atoms with Gasteiger partial charge in [-0.3, -0.25) is 4.79 Å². The molecule has 0 saturated heterocycles. The lowest BCUT2D eigenvalue weighted by Crippen LogP contribution is -2.37. The smallest absolute Gasteiger partial charge is 0.227 e. The van der Waals surface area contributed by atoms with E-state index in [1.54, 1.807) is 0 Å². The Balaban J connectivity index is 0.00000338. The van der Waals surface area contributed by atoms with E-state index in [1.165, 1.54) is 12.8 Å². The standard InChI is InChI=1S/C20H32N4O.HI/c1-3-5-13-22-20(21-4-2)23-15-16-9-8-12-18(14-16)24-19(25)17-10-6-7-11-17;/h8-9,12,14,17H,3-7,10-11,13,15H2,1-2H3,(H,24,25)(H2,21,22,23);1H. The normalized spacial score (nSPS) is 14.6. The molecule has 26 heavy (non-hydrogen) atoms. The Morgan fingerprint density at radius 1 is 1.19 bits per heavy atom. The van der Waals surface area contributed by atoms with Crippen LogP contribution < -0.4 is 16.0 Å². The predicted octanol–water partition coefficient (Wildman–Crippen LogP) is 4.29. The van der Waals surface area contributed by atoms with E-state index in [0.717, 1.165) is 56.0 Å². The molecule has 1 aliphatic rings. The van der Waals surface area contributed by atoms with Gasteiger partial charge >= 0.3 is 0 Å². The number of benzene rings is 1. The van der Waals surface area contributed by atoms with Crippen LogP contribution >= 0.6 is 24.0 Å². The summed E-state index contributed by atoms with van der Waals surface area (Å²) in [5.41, 5.74) is 1.96. The van der Waals surface area contributed by atoms with Crippen LogP contribution in [-0.4, -0.2) is 25.0 Å². The first-order valence-electron chi connectivity index (χ1n) is 9.65. The number of rotatable bonds is 8. The molecular weight excluding hydrogens is 439 g/mol. The highest BCUT2D eigenvalue weighted by atomic mass is 127. The average molecular weight is 472 g/mol. The number of carbonyl (C=O) groups is 1. The summed E-state index contributed by atoms with van der Waals surface area (Å²) in [4.78, 5) is 16.9. The van der Waals surface area contributed by atoms with Crippen molar-refractivity contribution >= 4 is 41.5 Å². The molecule has 1 fully saturated rings. The molecule has 1 saturated carbocycles. The molecule has 0 unspecified atom stereocenters. The van der Waals surface area contributed by atoms with E-state index in [0.29, 0.717) is 6.54 Å². The zero-order valence-corrected chi connectivity index (χ0v) is 18.3. The van der Waals surface area contributed by atoms with E-state index in [-0.39, 0.29) is 35.8 Å². The largest absolute Gasteiger partial charge is 0.357 e. The lowest BCUT2D eigenvalue weighted by Gasteiger charge is -2.12. The molecule has 0 aliphatic heterocycles. The van der Waals surface area contributed by atoms with Crippen molar-refractivity contribution in [3.8, 4) is 0 Å². The maximum Gasteiger partial charge on any atom is 0.227 e. The quantitative estimate of drug-likeness (QED) is 0.229. The molecule has 0 atom stereocenters. The van der Waals surface area contributed by atoms with Gasteiger partial charge in [-0.2, -0.15) is 0 Å². The van der Waals surface area contributed by atoms with Gasteiger partial charge < -0.3 is 16.0 Å². The number of nitrogens with zero attached hydrogens (tertiary/aromatic N) is 1. The van der Waals surface area contributed by atoms with Crippen molar-refractivity contribution in [3.63, 3.8) is 0 Å². The summed E-state index contributed by atoms with van der Waals surface area (Å²) in [5, 5.41) is 9.67. The second-order valence-electron chi connectivity index (χ2n) is 6.65. The monoisotopic (exact) mass is 472 g/mol. The lowest BCUT2D eigenvalue weighted by molar-refractivity contribution is -0.119. The van der Waals surface area contributed by atoms with Crippen LogP contribution in [0.15, 0.2) is 29.3 Å². The van der Waals surface area contributed by atoms with Crippen molar-refractivity contribution in [1.82, 2.24) is 10.6 Å². The summed E-state index contributed by atoms with van der Waals surface area (Å²) in [5.74, 6) is 1.19. The lowest BCUT2D eigenvalue weighted by atomic mass is 10.1. The van der Waals surface area contributed by atoms with Crippen LogP contribution in [0.2, 0.25) is 0 Å². The minimum atomic E-state index is 0. The van der Waals surface area contributed by atoms with Gasteiger partial charge in [0.25, 0.3) is 0 Å². The van der Waals surface area contributed by atoms with Crippen LogP contribution in [0.1, 0.15) is 57.9 Å². The number of hydrogen-bond donors (Lipinski definition) is 3. The highest BCUT2D eigenvalue weighted by Gasteiger charge is 2.22. The third-order valence-corrected chi connectivity index (χ3v) is 4.51. The number of nitrogens with one attached hydrogen (secondary N) is 3. The molecule has 2 rings (SSSR count). The molecule has 0 spiro atoms. The van der Waals surface area contributed by atoms with Crippen LogP contribution in [0.5, 0.6) is 0 Å². The molecule has 0 aromatic heterocycles. The van der Waals surface area contributed by atoms with Crippen LogP contribution in [0.4, 0.5) is 5.69 Å². The van der Waals surface area contributed by atoms with E-state index in [9.17, 15) is 4.79 Å². The molecule has 0 heterocycles. The molecule has 0 radical (unpaired) electrons. The summed E-state index contributed by atoms with van der Waals surface area (Å²) in [6.45, 7) is 6.61. The van der Waals surface area contributed by atoms with Crippen molar-refractivity contribution in [2.75, 3.05) is 18.4 Å². The van der Waals surface area contributed by atoms with Crippen molar-refractivity contribution in [1.29, 1.82) is 0 Å². The number of aliphatic imine (C=N–C) groups is 1. The number of unbranched alkanes of at least 4 members (excludes halogenated alkanes) is 1. The second kappa shape index (κ2) is 12.9. The second-order valence-corrected chi connectivity index (χ2v) is 6.65. The van der Waals surface area contributed by atoms with Crippen LogP contribution in [0.25, 0.3) is 0 Å². The first-order chi connectivity index (χ1) is 12.2. The molecule has 1 aromatic carbocycles. The van der Waals surface area contributed by atoms with E-state index < -0.39 is 0 Å². The Kier molecular flexibility index (Phi) is 11.3. The fraction of sp³-hybridized carbons (Fsp3) is 0.600. The number of halogens is 1. The van der Waals surface area contributed by atoms with Crippen molar-refractivity contribution < 1.29 is 4.79 Å². The summed E-state index contributed by atoms with van der Waals surface area (Å²) < 4.78 is 0. The van der Waals surface area contributed by atoms with Crippen LogP contribution in [0.3, 0.4) is 0 Å². The predicted molar refractivity (Wildman–Crippen MR) is 120 cm³/mol. The summed E-state index contributed by atoms with van der Waals surface area (Å²) in [6, 6.07) is 7.99. The molecule has 6 heteroatoms. The van der Waals surface area contributed by atoms with Gasteiger partial charge in [0.15, 0.2) is 5.96 Å². The highest BCUT2D eigenvalue weighted by Crippen LogP contribution is 2.26. The third-order valence-electron chi connectivity index (χ3n) is 4.51. The van der Waals surface area contributed by atoms with Gasteiger partial charge in [-0.1, -0.05) is 38.3 Å².